The molecule has 110 valence electrons. The normalized spacial score (nSPS) is 17.0. The van der Waals surface area contributed by atoms with E-state index in [0.717, 1.165) is 0 Å². The Morgan fingerprint density at radius 3 is 2.40 bits per heavy atom. The lowest BCUT2D eigenvalue weighted by atomic mass is 10.1. The molecule has 0 bridgehead atoms. The first-order chi connectivity index (χ1) is 9.46. The van der Waals surface area contributed by atoms with E-state index in [0.29, 0.717) is 31.6 Å². The fourth-order valence-corrected chi connectivity index (χ4v) is 3.50. The van der Waals surface area contributed by atoms with E-state index in [9.17, 15) is 18.5 Å². The Labute approximate surface area is 117 Å². The van der Waals surface area contributed by atoms with Gasteiger partial charge in [0.05, 0.1) is 10.7 Å². The molecule has 1 aliphatic heterocycles. The quantitative estimate of drug-likeness (QED) is 0.650. The summed E-state index contributed by atoms with van der Waals surface area (Å²) in [5.41, 5.74) is 0.471. The Morgan fingerprint density at radius 1 is 1.25 bits per heavy atom. The number of nitro benzene ring substituents is 1. The highest BCUT2D eigenvalue weighted by Crippen LogP contribution is 2.15. The van der Waals surface area contributed by atoms with E-state index < -0.39 is 14.9 Å². The fraction of sp³-hybridized carbons (Fsp3) is 0.500. The van der Waals surface area contributed by atoms with Crippen molar-refractivity contribution in [3.63, 3.8) is 0 Å². The molecule has 1 aromatic carbocycles. The van der Waals surface area contributed by atoms with Gasteiger partial charge in [-0.05, 0) is 18.4 Å². The third-order valence-electron chi connectivity index (χ3n) is 3.07. The predicted molar refractivity (Wildman–Crippen MR) is 72.7 cm³/mol. The van der Waals surface area contributed by atoms with Crippen LogP contribution in [0.5, 0.6) is 0 Å². The van der Waals surface area contributed by atoms with Crippen molar-refractivity contribution < 1.29 is 18.1 Å². The van der Waals surface area contributed by atoms with Gasteiger partial charge in [-0.25, -0.2) is 13.1 Å². The molecule has 1 fully saturated rings. The summed E-state index contributed by atoms with van der Waals surface area (Å²) in [4.78, 5) is 10.0. The van der Waals surface area contributed by atoms with Crippen LogP contribution in [0.4, 0.5) is 5.69 Å². The molecule has 0 radical (unpaired) electrons. The van der Waals surface area contributed by atoms with Gasteiger partial charge in [0.15, 0.2) is 0 Å². The number of hydrogen-bond acceptors (Lipinski definition) is 5. The van der Waals surface area contributed by atoms with E-state index in [1.807, 2.05) is 0 Å². The summed E-state index contributed by atoms with van der Waals surface area (Å²) in [6.45, 7) is 1.12. The van der Waals surface area contributed by atoms with Crippen LogP contribution in [0, 0.1) is 10.1 Å². The zero-order valence-corrected chi connectivity index (χ0v) is 11.6. The number of rotatable bonds is 5. The lowest BCUT2D eigenvalue weighted by Gasteiger charge is -2.22. The van der Waals surface area contributed by atoms with E-state index in [4.69, 9.17) is 4.74 Å². The second-order valence-electron chi connectivity index (χ2n) is 4.69. The number of non-ortho nitro benzene ring substituents is 1. The van der Waals surface area contributed by atoms with E-state index in [1.165, 1.54) is 24.3 Å². The van der Waals surface area contributed by atoms with Gasteiger partial charge in [0.25, 0.3) is 5.69 Å². The number of ether oxygens (including phenoxy) is 1. The van der Waals surface area contributed by atoms with Crippen molar-refractivity contribution in [1.29, 1.82) is 0 Å². The second-order valence-corrected chi connectivity index (χ2v) is 6.44. The molecule has 0 aliphatic carbocycles. The first-order valence-electron chi connectivity index (χ1n) is 6.27. The summed E-state index contributed by atoms with van der Waals surface area (Å²) in [5, 5.41) is 10.5. The van der Waals surface area contributed by atoms with Crippen LogP contribution >= 0.6 is 0 Å². The minimum absolute atomic E-state index is 0.0523. The first kappa shape index (κ1) is 14.9. The van der Waals surface area contributed by atoms with Crippen molar-refractivity contribution in [2.45, 2.75) is 24.6 Å². The minimum atomic E-state index is -3.44. The third kappa shape index (κ3) is 4.26. The number of benzene rings is 1. The highest BCUT2D eigenvalue weighted by atomic mass is 32.2. The van der Waals surface area contributed by atoms with Crippen LogP contribution in [0.1, 0.15) is 18.4 Å². The molecule has 0 unspecified atom stereocenters. The average molecular weight is 300 g/mol. The van der Waals surface area contributed by atoms with Crippen molar-refractivity contribution in [2.75, 3.05) is 13.2 Å². The first-order valence-corrected chi connectivity index (χ1v) is 7.92. The second kappa shape index (κ2) is 6.29. The zero-order valence-electron chi connectivity index (χ0n) is 10.8. The van der Waals surface area contributed by atoms with Crippen LogP contribution in [0.2, 0.25) is 0 Å². The number of nitro groups is 1. The number of sulfonamides is 1. The Balaban J connectivity index is 1.98. The van der Waals surface area contributed by atoms with Crippen molar-refractivity contribution in [3.05, 3.63) is 39.9 Å². The van der Waals surface area contributed by atoms with E-state index in [1.54, 1.807) is 0 Å². The smallest absolute Gasteiger partial charge is 0.269 e. The van der Waals surface area contributed by atoms with E-state index >= 15 is 0 Å². The molecule has 1 N–H and O–H groups in total. The van der Waals surface area contributed by atoms with E-state index in [-0.39, 0.29) is 17.5 Å². The van der Waals surface area contributed by atoms with Crippen molar-refractivity contribution in [1.82, 2.24) is 4.72 Å². The zero-order chi connectivity index (χ0) is 14.6. The molecular formula is C12H16N2O5S. The van der Waals surface area contributed by atoms with Gasteiger partial charge in [-0.2, -0.15) is 0 Å². The summed E-state index contributed by atoms with van der Waals surface area (Å²) in [5.74, 6) is -0.178. The maximum Gasteiger partial charge on any atom is 0.269 e. The minimum Gasteiger partial charge on any atom is -0.381 e. The van der Waals surface area contributed by atoms with Gasteiger partial charge >= 0.3 is 0 Å². The van der Waals surface area contributed by atoms with Crippen molar-refractivity contribution >= 4 is 15.7 Å². The Bertz CT molecular complexity index is 564. The molecule has 20 heavy (non-hydrogen) atoms. The molecule has 1 aliphatic rings. The average Bonchev–Trinajstić information content (AvgIpc) is 2.39. The molecule has 1 saturated heterocycles. The molecule has 0 atom stereocenters. The number of hydrogen-bond donors (Lipinski definition) is 1. The molecular weight excluding hydrogens is 284 g/mol. The Kier molecular flexibility index (Phi) is 4.69. The van der Waals surface area contributed by atoms with Crippen LogP contribution in [0.3, 0.4) is 0 Å². The molecule has 0 spiro atoms. The summed E-state index contributed by atoms with van der Waals surface area (Å²) in [6.07, 6.45) is 1.33. The molecule has 0 saturated carbocycles. The van der Waals surface area contributed by atoms with Crippen LogP contribution in [0.15, 0.2) is 24.3 Å². The summed E-state index contributed by atoms with van der Waals surface area (Å²) < 4.78 is 31.8. The summed E-state index contributed by atoms with van der Waals surface area (Å²) >= 11 is 0. The van der Waals surface area contributed by atoms with Crippen molar-refractivity contribution in [2.24, 2.45) is 0 Å². The highest BCUT2D eigenvalue weighted by molar-refractivity contribution is 7.88. The van der Waals surface area contributed by atoms with Gasteiger partial charge in [-0.1, -0.05) is 12.1 Å². The topological polar surface area (TPSA) is 98.5 Å². The molecule has 7 nitrogen and oxygen atoms in total. The van der Waals surface area contributed by atoms with Crippen LogP contribution in [-0.4, -0.2) is 32.6 Å². The molecule has 0 aromatic heterocycles. The maximum atomic E-state index is 12.0. The summed E-state index contributed by atoms with van der Waals surface area (Å²) in [6, 6.07) is 5.44. The third-order valence-corrected chi connectivity index (χ3v) is 4.48. The lowest BCUT2D eigenvalue weighted by Crippen LogP contribution is -2.39. The standard InChI is InChI=1S/C12H16N2O5S/c15-14(16)12-3-1-10(2-4-12)9-20(17,18)13-11-5-7-19-8-6-11/h1-4,11,13H,5-9H2. The van der Waals surface area contributed by atoms with Gasteiger partial charge < -0.3 is 4.74 Å². The molecule has 1 heterocycles. The summed E-state index contributed by atoms with van der Waals surface area (Å²) in [7, 11) is -3.44. The van der Waals surface area contributed by atoms with Gasteiger partial charge in [0.2, 0.25) is 10.0 Å². The van der Waals surface area contributed by atoms with Crippen LogP contribution in [-0.2, 0) is 20.5 Å². The van der Waals surface area contributed by atoms with Gasteiger partial charge in [-0.15, -0.1) is 0 Å². The van der Waals surface area contributed by atoms with Crippen LogP contribution in [0.25, 0.3) is 0 Å². The Hall–Kier alpha value is -1.51. The molecule has 0 amide bonds. The fourth-order valence-electron chi connectivity index (χ4n) is 2.04. The largest absolute Gasteiger partial charge is 0.381 e. The predicted octanol–water partition coefficient (Wildman–Crippen LogP) is 1.19. The highest BCUT2D eigenvalue weighted by Gasteiger charge is 2.21. The molecule has 2 rings (SSSR count). The van der Waals surface area contributed by atoms with E-state index in [2.05, 4.69) is 4.72 Å². The molecule has 8 heteroatoms. The number of nitrogens with one attached hydrogen (secondary N) is 1. The van der Waals surface area contributed by atoms with Crippen molar-refractivity contribution in [3.8, 4) is 0 Å². The van der Waals surface area contributed by atoms with Gasteiger partial charge in [-0.3, -0.25) is 10.1 Å². The van der Waals surface area contributed by atoms with Gasteiger partial charge in [0, 0.05) is 31.4 Å². The van der Waals surface area contributed by atoms with Gasteiger partial charge in [0.1, 0.15) is 0 Å². The monoisotopic (exact) mass is 300 g/mol. The SMILES string of the molecule is O=[N+]([O-])c1ccc(CS(=O)(=O)NC2CCOCC2)cc1. The Morgan fingerprint density at radius 2 is 1.85 bits per heavy atom. The molecule has 1 aromatic rings. The van der Waals surface area contributed by atoms with Crippen LogP contribution < -0.4 is 4.72 Å². The lowest BCUT2D eigenvalue weighted by molar-refractivity contribution is -0.384. The maximum absolute atomic E-state index is 12.0. The number of nitrogens with zero attached hydrogens (tertiary/aromatic N) is 1.